The quantitative estimate of drug-likeness (QED) is 0.749. The van der Waals surface area contributed by atoms with E-state index in [9.17, 15) is 18.0 Å². The molecule has 2 fully saturated rings. The summed E-state index contributed by atoms with van der Waals surface area (Å²) in [5, 5.41) is 6.94. The lowest BCUT2D eigenvalue weighted by molar-refractivity contribution is -0.131. The molecule has 1 atom stereocenters. The van der Waals surface area contributed by atoms with Crippen molar-refractivity contribution in [3.05, 3.63) is 11.4 Å². The van der Waals surface area contributed by atoms with Crippen LogP contribution in [0.5, 0.6) is 0 Å². The van der Waals surface area contributed by atoms with Gasteiger partial charge in [-0.1, -0.05) is 0 Å². The van der Waals surface area contributed by atoms with Crippen molar-refractivity contribution in [2.24, 2.45) is 5.92 Å². The molecule has 1 N–H and O–H groups in total. The summed E-state index contributed by atoms with van der Waals surface area (Å²) in [6, 6.07) is 0. The SMILES string of the molecule is CNC(=O)[C@H]1CCCN(S(=O)(=O)c2c(C)nn(CC(=O)N3CCCC3)c2C)C1. The van der Waals surface area contributed by atoms with Crippen molar-refractivity contribution in [3.8, 4) is 0 Å². The van der Waals surface area contributed by atoms with Gasteiger partial charge in [0.2, 0.25) is 21.8 Å². The lowest BCUT2D eigenvalue weighted by atomic mass is 9.99. The number of hydrogen-bond donors (Lipinski definition) is 1. The number of aryl methyl sites for hydroxylation is 1. The summed E-state index contributed by atoms with van der Waals surface area (Å²) in [6.45, 7) is 5.42. The number of nitrogens with zero attached hydrogens (tertiary/aromatic N) is 4. The van der Waals surface area contributed by atoms with E-state index in [2.05, 4.69) is 10.4 Å². The Hall–Kier alpha value is -1.94. The van der Waals surface area contributed by atoms with E-state index in [4.69, 9.17) is 0 Å². The summed E-state index contributed by atoms with van der Waals surface area (Å²) < 4.78 is 29.4. The number of hydrogen-bond acceptors (Lipinski definition) is 5. The fraction of sp³-hybridized carbons (Fsp3) is 0.722. The van der Waals surface area contributed by atoms with Gasteiger partial charge in [0.25, 0.3) is 0 Å². The van der Waals surface area contributed by atoms with Crippen LogP contribution in [0, 0.1) is 19.8 Å². The maximum atomic E-state index is 13.3. The first-order valence-corrected chi connectivity index (χ1v) is 11.2. The van der Waals surface area contributed by atoms with Gasteiger partial charge in [0.05, 0.1) is 17.3 Å². The van der Waals surface area contributed by atoms with Crippen LogP contribution in [0.2, 0.25) is 0 Å². The molecular formula is C18H29N5O4S. The maximum Gasteiger partial charge on any atom is 0.246 e. The molecule has 10 heteroatoms. The molecule has 2 amide bonds. The minimum atomic E-state index is -3.79. The lowest BCUT2D eigenvalue weighted by Gasteiger charge is -2.31. The van der Waals surface area contributed by atoms with Crippen molar-refractivity contribution in [2.75, 3.05) is 33.2 Å². The molecule has 0 aliphatic carbocycles. The molecular weight excluding hydrogens is 382 g/mol. The standard InChI is InChI=1S/C18H29N5O4S/c1-13-17(14(2)23(20-13)12-16(24)21-8-4-5-9-21)28(26,27)22-10-6-7-15(11-22)18(25)19-3/h15H,4-12H2,1-3H3,(H,19,25)/t15-/m0/s1. The second-order valence-electron chi connectivity index (χ2n) is 7.56. The number of aromatic nitrogens is 2. The van der Waals surface area contributed by atoms with Crippen molar-refractivity contribution < 1.29 is 18.0 Å². The summed E-state index contributed by atoms with van der Waals surface area (Å²) >= 11 is 0. The third-order valence-corrected chi connectivity index (χ3v) is 7.78. The number of likely N-dealkylation sites (tertiary alicyclic amines) is 1. The summed E-state index contributed by atoms with van der Waals surface area (Å²) in [5.41, 5.74) is 0.848. The second kappa shape index (κ2) is 8.20. The van der Waals surface area contributed by atoms with Crippen LogP contribution in [0.25, 0.3) is 0 Å². The monoisotopic (exact) mass is 411 g/mol. The average molecular weight is 412 g/mol. The van der Waals surface area contributed by atoms with E-state index in [0.29, 0.717) is 30.8 Å². The molecule has 2 aliphatic rings. The summed E-state index contributed by atoms with van der Waals surface area (Å²) in [6.07, 6.45) is 3.32. The maximum absolute atomic E-state index is 13.3. The smallest absolute Gasteiger partial charge is 0.246 e. The van der Waals surface area contributed by atoms with E-state index in [1.165, 1.54) is 8.99 Å². The predicted octanol–water partition coefficient (Wildman–Crippen LogP) is 0.269. The molecule has 9 nitrogen and oxygen atoms in total. The Balaban J connectivity index is 1.83. The molecule has 0 spiro atoms. The fourth-order valence-corrected chi connectivity index (χ4v) is 6.01. The molecule has 0 unspecified atom stereocenters. The lowest BCUT2D eigenvalue weighted by Crippen LogP contribution is -2.45. The predicted molar refractivity (Wildman–Crippen MR) is 103 cm³/mol. The second-order valence-corrected chi connectivity index (χ2v) is 9.44. The van der Waals surface area contributed by atoms with Gasteiger partial charge >= 0.3 is 0 Å². The first-order chi connectivity index (χ1) is 13.3. The minimum absolute atomic E-state index is 0.0373. The molecule has 3 heterocycles. The number of nitrogens with one attached hydrogen (secondary N) is 1. The van der Waals surface area contributed by atoms with Crippen molar-refractivity contribution in [1.82, 2.24) is 24.3 Å². The molecule has 156 valence electrons. The van der Waals surface area contributed by atoms with Gasteiger partial charge in [-0.3, -0.25) is 14.3 Å². The van der Waals surface area contributed by atoms with Gasteiger partial charge in [0, 0.05) is 33.2 Å². The zero-order chi connectivity index (χ0) is 20.5. The van der Waals surface area contributed by atoms with E-state index < -0.39 is 10.0 Å². The largest absolute Gasteiger partial charge is 0.359 e. The normalized spacial score (nSPS) is 21.1. The van der Waals surface area contributed by atoms with Gasteiger partial charge in [-0.05, 0) is 39.5 Å². The van der Waals surface area contributed by atoms with E-state index in [0.717, 1.165) is 25.9 Å². The molecule has 28 heavy (non-hydrogen) atoms. The molecule has 0 bridgehead atoms. The Morgan fingerprint density at radius 1 is 1.14 bits per heavy atom. The first-order valence-electron chi connectivity index (χ1n) is 9.79. The molecule has 1 aromatic heterocycles. The number of piperidine rings is 1. The molecule has 0 aromatic carbocycles. The Labute approximate surface area is 166 Å². The van der Waals surface area contributed by atoms with Gasteiger partial charge in [0.1, 0.15) is 11.4 Å². The topological polar surface area (TPSA) is 105 Å². The zero-order valence-corrected chi connectivity index (χ0v) is 17.6. The number of sulfonamides is 1. The van der Waals surface area contributed by atoms with Gasteiger partial charge in [-0.25, -0.2) is 8.42 Å². The van der Waals surface area contributed by atoms with Crippen LogP contribution in [0.1, 0.15) is 37.1 Å². The molecule has 3 rings (SSSR count). The Bertz CT molecular complexity index is 858. The van der Waals surface area contributed by atoms with Gasteiger partial charge in [0.15, 0.2) is 0 Å². The highest BCUT2D eigenvalue weighted by atomic mass is 32.2. The fourth-order valence-electron chi connectivity index (χ4n) is 4.11. The average Bonchev–Trinajstić information content (AvgIpc) is 3.30. The van der Waals surface area contributed by atoms with Gasteiger partial charge in [-0.2, -0.15) is 9.40 Å². The molecule has 2 aliphatic heterocycles. The Morgan fingerprint density at radius 3 is 2.46 bits per heavy atom. The minimum Gasteiger partial charge on any atom is -0.359 e. The molecule has 0 saturated carbocycles. The number of amides is 2. The van der Waals surface area contributed by atoms with E-state index >= 15 is 0 Å². The summed E-state index contributed by atoms with van der Waals surface area (Å²) in [7, 11) is -2.23. The number of carbonyl (C=O) groups excluding carboxylic acids is 2. The van der Waals surface area contributed by atoms with Gasteiger partial charge < -0.3 is 10.2 Å². The van der Waals surface area contributed by atoms with Crippen LogP contribution in [0.4, 0.5) is 0 Å². The van der Waals surface area contributed by atoms with Crippen molar-refractivity contribution >= 4 is 21.8 Å². The highest BCUT2D eigenvalue weighted by Crippen LogP contribution is 2.28. The van der Waals surface area contributed by atoms with E-state index in [-0.39, 0.29) is 35.7 Å². The Kier molecular flexibility index (Phi) is 6.09. The third kappa shape index (κ3) is 3.93. The summed E-state index contributed by atoms with van der Waals surface area (Å²) in [4.78, 5) is 26.4. The number of rotatable bonds is 5. The molecule has 2 saturated heterocycles. The van der Waals surface area contributed by atoms with E-state index in [1.54, 1.807) is 25.8 Å². The summed E-state index contributed by atoms with van der Waals surface area (Å²) in [5.74, 6) is -0.522. The molecule has 1 aromatic rings. The van der Waals surface area contributed by atoms with Gasteiger partial charge in [-0.15, -0.1) is 0 Å². The van der Waals surface area contributed by atoms with E-state index in [1.807, 2.05) is 0 Å². The van der Waals surface area contributed by atoms with Crippen LogP contribution < -0.4 is 5.32 Å². The van der Waals surface area contributed by atoms with Crippen LogP contribution in [-0.2, 0) is 26.2 Å². The van der Waals surface area contributed by atoms with Crippen LogP contribution in [0.15, 0.2) is 4.90 Å². The first kappa shape index (κ1) is 20.8. The number of carbonyl (C=O) groups is 2. The van der Waals surface area contributed by atoms with Crippen LogP contribution in [-0.4, -0.2) is 72.4 Å². The highest BCUT2D eigenvalue weighted by Gasteiger charge is 2.36. The van der Waals surface area contributed by atoms with Crippen LogP contribution >= 0.6 is 0 Å². The van der Waals surface area contributed by atoms with Crippen molar-refractivity contribution in [3.63, 3.8) is 0 Å². The Morgan fingerprint density at radius 2 is 1.82 bits per heavy atom. The van der Waals surface area contributed by atoms with Crippen molar-refractivity contribution in [2.45, 2.75) is 51.0 Å². The molecule has 0 radical (unpaired) electrons. The zero-order valence-electron chi connectivity index (χ0n) is 16.8. The van der Waals surface area contributed by atoms with Crippen LogP contribution in [0.3, 0.4) is 0 Å². The third-order valence-electron chi connectivity index (χ3n) is 5.66. The van der Waals surface area contributed by atoms with Crippen molar-refractivity contribution in [1.29, 1.82) is 0 Å². The highest BCUT2D eigenvalue weighted by molar-refractivity contribution is 7.89.